The van der Waals surface area contributed by atoms with E-state index in [1.165, 1.54) is 12.1 Å². The fraction of sp³-hybridized carbons (Fsp3) is 0.533. The molecule has 2 atom stereocenters. The maximum Gasteiger partial charge on any atom is 0.416 e. The van der Waals surface area contributed by atoms with Crippen molar-refractivity contribution < 1.29 is 18.0 Å². The Balaban J connectivity index is 1.95. The molecular weight excluding hydrogens is 295 g/mol. The SMILES string of the molecule is CC(C)CC1CC(C(=O)Nc2cccc(C(F)(F)F)c2)NN1. The highest BCUT2D eigenvalue weighted by Crippen LogP contribution is 2.30. The predicted molar refractivity (Wildman–Crippen MR) is 78.0 cm³/mol. The molecule has 1 heterocycles. The number of anilines is 1. The highest BCUT2D eigenvalue weighted by molar-refractivity contribution is 5.95. The van der Waals surface area contributed by atoms with E-state index in [1.54, 1.807) is 0 Å². The van der Waals surface area contributed by atoms with Gasteiger partial charge in [0.2, 0.25) is 5.91 Å². The van der Waals surface area contributed by atoms with E-state index in [-0.39, 0.29) is 17.6 Å². The van der Waals surface area contributed by atoms with Crippen LogP contribution in [0.1, 0.15) is 32.3 Å². The maximum absolute atomic E-state index is 12.6. The van der Waals surface area contributed by atoms with Gasteiger partial charge in [-0.3, -0.25) is 10.2 Å². The predicted octanol–water partition coefficient (Wildman–Crippen LogP) is 2.93. The molecule has 0 spiro atoms. The topological polar surface area (TPSA) is 53.2 Å². The number of rotatable bonds is 4. The number of halogens is 3. The van der Waals surface area contributed by atoms with Crippen molar-refractivity contribution in [3.63, 3.8) is 0 Å². The molecule has 1 aromatic carbocycles. The fourth-order valence-electron chi connectivity index (χ4n) is 2.52. The average molecular weight is 315 g/mol. The largest absolute Gasteiger partial charge is 0.416 e. The molecule has 2 unspecified atom stereocenters. The average Bonchev–Trinajstić information content (AvgIpc) is 2.86. The second-order valence-electron chi connectivity index (χ2n) is 5.97. The van der Waals surface area contributed by atoms with Crippen LogP contribution >= 0.6 is 0 Å². The van der Waals surface area contributed by atoms with Crippen LogP contribution in [0.4, 0.5) is 18.9 Å². The summed E-state index contributed by atoms with van der Waals surface area (Å²) >= 11 is 0. The summed E-state index contributed by atoms with van der Waals surface area (Å²) in [5.74, 6) is 0.169. The van der Waals surface area contributed by atoms with Gasteiger partial charge in [-0.25, -0.2) is 5.43 Å². The molecule has 7 heteroatoms. The molecule has 1 aromatic rings. The smallest absolute Gasteiger partial charge is 0.325 e. The van der Waals surface area contributed by atoms with E-state index in [2.05, 4.69) is 30.0 Å². The molecule has 0 radical (unpaired) electrons. The van der Waals surface area contributed by atoms with Gasteiger partial charge < -0.3 is 5.32 Å². The Hall–Kier alpha value is -1.60. The van der Waals surface area contributed by atoms with Gasteiger partial charge in [-0.2, -0.15) is 13.2 Å². The first kappa shape index (κ1) is 16.8. The Morgan fingerprint density at radius 3 is 2.73 bits per heavy atom. The summed E-state index contributed by atoms with van der Waals surface area (Å²) in [7, 11) is 0. The van der Waals surface area contributed by atoms with Gasteiger partial charge in [0.25, 0.3) is 0 Å². The van der Waals surface area contributed by atoms with Crippen molar-refractivity contribution in [2.45, 2.75) is 44.9 Å². The second-order valence-corrected chi connectivity index (χ2v) is 5.97. The van der Waals surface area contributed by atoms with E-state index >= 15 is 0 Å². The molecule has 0 bridgehead atoms. The van der Waals surface area contributed by atoms with E-state index in [9.17, 15) is 18.0 Å². The van der Waals surface area contributed by atoms with Crippen LogP contribution in [0, 0.1) is 5.92 Å². The molecule has 1 aliphatic rings. The van der Waals surface area contributed by atoms with Gasteiger partial charge in [-0.05, 0) is 37.0 Å². The number of hydrogen-bond donors (Lipinski definition) is 3. The van der Waals surface area contributed by atoms with Crippen LogP contribution < -0.4 is 16.2 Å². The molecule has 1 amide bonds. The number of benzene rings is 1. The number of nitrogens with one attached hydrogen (secondary N) is 3. The maximum atomic E-state index is 12.6. The van der Waals surface area contributed by atoms with Gasteiger partial charge in [0.05, 0.1) is 5.56 Å². The van der Waals surface area contributed by atoms with Crippen LogP contribution in [0.5, 0.6) is 0 Å². The van der Waals surface area contributed by atoms with E-state index in [4.69, 9.17) is 0 Å². The molecule has 4 nitrogen and oxygen atoms in total. The zero-order valence-corrected chi connectivity index (χ0v) is 12.5. The number of carbonyl (C=O) groups is 1. The molecule has 122 valence electrons. The number of amides is 1. The molecule has 1 fully saturated rings. The minimum Gasteiger partial charge on any atom is -0.325 e. The molecule has 2 rings (SSSR count). The molecule has 0 aromatic heterocycles. The van der Waals surface area contributed by atoms with Crippen molar-refractivity contribution in [3.05, 3.63) is 29.8 Å². The van der Waals surface area contributed by atoms with Crippen molar-refractivity contribution >= 4 is 11.6 Å². The first-order chi connectivity index (χ1) is 10.3. The quantitative estimate of drug-likeness (QED) is 0.801. The van der Waals surface area contributed by atoms with Gasteiger partial charge in [-0.15, -0.1) is 0 Å². The zero-order valence-electron chi connectivity index (χ0n) is 12.5. The molecule has 3 N–H and O–H groups in total. The lowest BCUT2D eigenvalue weighted by Gasteiger charge is -2.13. The number of carbonyl (C=O) groups excluding carboxylic acids is 1. The van der Waals surface area contributed by atoms with Crippen molar-refractivity contribution in [3.8, 4) is 0 Å². The van der Waals surface area contributed by atoms with Crippen molar-refractivity contribution in [2.24, 2.45) is 5.92 Å². The Bertz CT molecular complexity index is 531. The molecule has 0 saturated carbocycles. The normalized spacial score (nSPS) is 22.1. The van der Waals surface area contributed by atoms with E-state index < -0.39 is 17.8 Å². The van der Waals surface area contributed by atoms with Crippen LogP contribution in [-0.2, 0) is 11.0 Å². The molecular formula is C15H20F3N3O. The Kier molecular flexibility index (Phi) is 5.08. The van der Waals surface area contributed by atoms with Crippen molar-refractivity contribution in [1.82, 2.24) is 10.9 Å². The first-order valence-electron chi connectivity index (χ1n) is 7.25. The summed E-state index contributed by atoms with van der Waals surface area (Å²) in [5.41, 5.74) is 5.31. The summed E-state index contributed by atoms with van der Waals surface area (Å²) in [4.78, 5) is 12.1. The van der Waals surface area contributed by atoms with Gasteiger partial charge in [0.15, 0.2) is 0 Å². The fourth-order valence-corrected chi connectivity index (χ4v) is 2.52. The third-order valence-electron chi connectivity index (χ3n) is 3.51. The minimum atomic E-state index is -4.42. The van der Waals surface area contributed by atoms with E-state index in [1.807, 2.05) is 0 Å². The lowest BCUT2D eigenvalue weighted by molar-refractivity contribution is -0.137. The summed E-state index contributed by atoms with van der Waals surface area (Å²) in [6.07, 6.45) is -2.88. The van der Waals surface area contributed by atoms with Crippen LogP contribution in [0.3, 0.4) is 0 Å². The van der Waals surface area contributed by atoms with Crippen LogP contribution in [0.25, 0.3) is 0 Å². The Labute approximate surface area is 127 Å². The Morgan fingerprint density at radius 2 is 2.09 bits per heavy atom. The highest BCUT2D eigenvalue weighted by Gasteiger charge is 2.32. The molecule has 1 aliphatic heterocycles. The minimum absolute atomic E-state index is 0.147. The highest BCUT2D eigenvalue weighted by atomic mass is 19.4. The van der Waals surface area contributed by atoms with Gasteiger partial charge >= 0.3 is 6.18 Å². The third kappa shape index (κ3) is 4.45. The monoisotopic (exact) mass is 315 g/mol. The van der Waals surface area contributed by atoms with Gasteiger partial charge in [0, 0.05) is 11.7 Å². The van der Waals surface area contributed by atoms with Crippen molar-refractivity contribution in [1.29, 1.82) is 0 Å². The summed E-state index contributed by atoms with van der Waals surface area (Å²) in [5, 5.41) is 2.53. The second kappa shape index (κ2) is 6.66. The summed E-state index contributed by atoms with van der Waals surface area (Å²) in [6, 6.07) is 4.38. The lowest BCUT2D eigenvalue weighted by atomic mass is 10.00. The summed E-state index contributed by atoms with van der Waals surface area (Å²) < 4.78 is 37.9. The van der Waals surface area contributed by atoms with E-state index in [0.717, 1.165) is 18.6 Å². The molecule has 1 saturated heterocycles. The number of hydrazine groups is 1. The first-order valence-corrected chi connectivity index (χ1v) is 7.25. The Morgan fingerprint density at radius 1 is 1.36 bits per heavy atom. The molecule has 22 heavy (non-hydrogen) atoms. The zero-order chi connectivity index (χ0) is 16.3. The number of alkyl halides is 3. The van der Waals surface area contributed by atoms with Gasteiger partial charge in [0.1, 0.15) is 6.04 Å². The van der Waals surface area contributed by atoms with E-state index in [0.29, 0.717) is 12.3 Å². The standard InChI is InChI=1S/C15H20F3N3O/c1-9(2)6-12-8-13(21-20-12)14(22)19-11-5-3-4-10(7-11)15(16,17)18/h3-5,7,9,12-13,20-21H,6,8H2,1-2H3,(H,19,22). The lowest BCUT2D eigenvalue weighted by Crippen LogP contribution is -2.40. The number of hydrogen-bond acceptors (Lipinski definition) is 3. The molecule has 0 aliphatic carbocycles. The third-order valence-corrected chi connectivity index (χ3v) is 3.51. The van der Waals surface area contributed by atoms with Crippen LogP contribution in [-0.4, -0.2) is 18.0 Å². The summed E-state index contributed by atoms with van der Waals surface area (Å²) in [6.45, 7) is 4.19. The van der Waals surface area contributed by atoms with Gasteiger partial charge in [-0.1, -0.05) is 19.9 Å². The van der Waals surface area contributed by atoms with Crippen molar-refractivity contribution in [2.75, 3.05) is 5.32 Å². The van der Waals surface area contributed by atoms with Crippen LogP contribution in [0.2, 0.25) is 0 Å². The van der Waals surface area contributed by atoms with Crippen LogP contribution in [0.15, 0.2) is 24.3 Å².